The van der Waals surface area contributed by atoms with Gasteiger partial charge in [-0.3, -0.25) is 0 Å². The Balaban J connectivity index is 2.17. The van der Waals surface area contributed by atoms with Crippen LogP contribution in [-0.4, -0.2) is 38.0 Å². The fourth-order valence-corrected chi connectivity index (χ4v) is 2.28. The SMILES string of the molecule is CCCCCOC1CC(NCCC)C1OCC. The summed E-state index contributed by atoms with van der Waals surface area (Å²) < 4.78 is 11.7. The molecule has 1 rings (SSSR count). The molecule has 0 aromatic carbocycles. The van der Waals surface area contributed by atoms with Gasteiger partial charge < -0.3 is 14.8 Å². The van der Waals surface area contributed by atoms with Crippen LogP contribution in [0.5, 0.6) is 0 Å². The number of nitrogens with one attached hydrogen (secondary N) is 1. The van der Waals surface area contributed by atoms with Gasteiger partial charge in [0.05, 0.1) is 12.2 Å². The number of ether oxygens (including phenoxy) is 2. The molecule has 0 aromatic heterocycles. The molecule has 0 aliphatic heterocycles. The van der Waals surface area contributed by atoms with Crippen LogP contribution in [0.3, 0.4) is 0 Å². The van der Waals surface area contributed by atoms with Crippen molar-refractivity contribution in [3.8, 4) is 0 Å². The van der Waals surface area contributed by atoms with Gasteiger partial charge in [0.2, 0.25) is 0 Å². The fraction of sp³-hybridized carbons (Fsp3) is 1.00. The standard InChI is InChI=1S/C14H29NO2/c1-4-7-8-10-17-13-11-12(15-9-5-2)14(13)16-6-3/h12-15H,4-11H2,1-3H3. The molecule has 3 heteroatoms. The molecule has 1 N–H and O–H groups in total. The van der Waals surface area contributed by atoms with E-state index in [1.165, 1.54) is 25.7 Å². The molecule has 3 unspecified atom stereocenters. The molecule has 0 saturated heterocycles. The fourth-order valence-electron chi connectivity index (χ4n) is 2.28. The van der Waals surface area contributed by atoms with Gasteiger partial charge in [0.1, 0.15) is 0 Å². The van der Waals surface area contributed by atoms with E-state index < -0.39 is 0 Å². The Morgan fingerprint density at radius 3 is 2.53 bits per heavy atom. The summed E-state index contributed by atoms with van der Waals surface area (Å²) in [5, 5.41) is 3.53. The van der Waals surface area contributed by atoms with Gasteiger partial charge in [-0.2, -0.15) is 0 Å². The predicted molar refractivity (Wildman–Crippen MR) is 71.4 cm³/mol. The molecule has 102 valence electrons. The molecule has 1 aliphatic carbocycles. The molecule has 0 amide bonds. The van der Waals surface area contributed by atoms with Gasteiger partial charge in [-0.05, 0) is 32.7 Å². The van der Waals surface area contributed by atoms with Crippen molar-refractivity contribution < 1.29 is 9.47 Å². The lowest BCUT2D eigenvalue weighted by molar-refractivity contribution is -0.145. The highest BCUT2D eigenvalue weighted by Gasteiger charge is 2.42. The van der Waals surface area contributed by atoms with Gasteiger partial charge in [-0.1, -0.05) is 26.7 Å². The third-order valence-electron chi connectivity index (χ3n) is 3.34. The first-order chi connectivity index (χ1) is 8.33. The summed E-state index contributed by atoms with van der Waals surface area (Å²) in [5.41, 5.74) is 0. The molecule has 1 fully saturated rings. The van der Waals surface area contributed by atoms with E-state index in [0.717, 1.165) is 26.2 Å². The van der Waals surface area contributed by atoms with E-state index in [9.17, 15) is 0 Å². The van der Waals surface area contributed by atoms with Crippen molar-refractivity contribution in [3.05, 3.63) is 0 Å². The molecule has 1 aliphatic rings. The molecule has 0 spiro atoms. The predicted octanol–water partition coefficient (Wildman–Crippen LogP) is 2.74. The highest BCUT2D eigenvalue weighted by molar-refractivity contribution is 4.97. The van der Waals surface area contributed by atoms with Gasteiger partial charge in [0.25, 0.3) is 0 Å². The van der Waals surface area contributed by atoms with Gasteiger partial charge >= 0.3 is 0 Å². The molecule has 1 saturated carbocycles. The summed E-state index contributed by atoms with van der Waals surface area (Å²) >= 11 is 0. The highest BCUT2D eigenvalue weighted by Crippen LogP contribution is 2.27. The van der Waals surface area contributed by atoms with Crippen LogP contribution in [0.1, 0.15) is 52.9 Å². The van der Waals surface area contributed by atoms with Crippen molar-refractivity contribution in [2.24, 2.45) is 0 Å². The highest BCUT2D eigenvalue weighted by atomic mass is 16.5. The third kappa shape index (κ3) is 4.94. The molecular weight excluding hydrogens is 214 g/mol. The van der Waals surface area contributed by atoms with Crippen LogP contribution in [0.15, 0.2) is 0 Å². The maximum absolute atomic E-state index is 5.89. The molecule has 0 heterocycles. The van der Waals surface area contributed by atoms with Crippen molar-refractivity contribution in [2.45, 2.75) is 71.1 Å². The second-order valence-electron chi connectivity index (χ2n) is 4.83. The van der Waals surface area contributed by atoms with Crippen LogP contribution in [-0.2, 0) is 9.47 Å². The summed E-state index contributed by atoms with van der Waals surface area (Å²) in [6.45, 7) is 9.23. The summed E-state index contributed by atoms with van der Waals surface area (Å²) in [6, 6.07) is 0.506. The number of hydrogen-bond donors (Lipinski definition) is 1. The van der Waals surface area contributed by atoms with Crippen LogP contribution in [0, 0.1) is 0 Å². The zero-order valence-electron chi connectivity index (χ0n) is 11.7. The Morgan fingerprint density at radius 2 is 1.88 bits per heavy atom. The van der Waals surface area contributed by atoms with E-state index in [2.05, 4.69) is 26.1 Å². The molecule has 0 radical (unpaired) electrons. The van der Waals surface area contributed by atoms with E-state index in [-0.39, 0.29) is 6.10 Å². The molecule has 0 bridgehead atoms. The van der Waals surface area contributed by atoms with E-state index in [4.69, 9.17) is 9.47 Å². The smallest absolute Gasteiger partial charge is 0.0990 e. The Bertz CT molecular complexity index is 185. The zero-order valence-corrected chi connectivity index (χ0v) is 11.7. The van der Waals surface area contributed by atoms with Gasteiger partial charge in [0.15, 0.2) is 0 Å². The summed E-state index contributed by atoms with van der Waals surface area (Å²) in [6.07, 6.45) is 6.58. The summed E-state index contributed by atoms with van der Waals surface area (Å²) in [4.78, 5) is 0. The van der Waals surface area contributed by atoms with Crippen molar-refractivity contribution in [2.75, 3.05) is 19.8 Å². The summed E-state index contributed by atoms with van der Waals surface area (Å²) in [7, 11) is 0. The van der Waals surface area contributed by atoms with Crippen LogP contribution < -0.4 is 5.32 Å². The van der Waals surface area contributed by atoms with Crippen molar-refractivity contribution >= 4 is 0 Å². The first kappa shape index (κ1) is 14.9. The first-order valence-electron chi connectivity index (χ1n) is 7.30. The first-order valence-corrected chi connectivity index (χ1v) is 7.30. The number of rotatable bonds is 10. The van der Waals surface area contributed by atoms with E-state index in [1.807, 2.05) is 0 Å². The molecule has 3 nitrogen and oxygen atoms in total. The van der Waals surface area contributed by atoms with Gasteiger partial charge in [0, 0.05) is 19.3 Å². The lowest BCUT2D eigenvalue weighted by Gasteiger charge is -2.44. The molecule has 0 aromatic rings. The minimum absolute atomic E-state index is 0.271. The monoisotopic (exact) mass is 243 g/mol. The number of hydrogen-bond acceptors (Lipinski definition) is 3. The normalized spacial score (nSPS) is 28.1. The van der Waals surface area contributed by atoms with Crippen molar-refractivity contribution in [3.63, 3.8) is 0 Å². The van der Waals surface area contributed by atoms with Gasteiger partial charge in [-0.15, -0.1) is 0 Å². The summed E-state index contributed by atoms with van der Waals surface area (Å²) in [5.74, 6) is 0. The van der Waals surface area contributed by atoms with Crippen LogP contribution in [0.4, 0.5) is 0 Å². The van der Waals surface area contributed by atoms with Crippen LogP contribution >= 0.6 is 0 Å². The second-order valence-corrected chi connectivity index (χ2v) is 4.83. The Hall–Kier alpha value is -0.120. The molecular formula is C14H29NO2. The number of unbranched alkanes of at least 4 members (excludes halogenated alkanes) is 2. The lowest BCUT2D eigenvalue weighted by Crippen LogP contribution is -2.60. The van der Waals surface area contributed by atoms with Crippen molar-refractivity contribution in [1.29, 1.82) is 0 Å². The Kier molecular flexibility index (Phi) is 7.82. The minimum Gasteiger partial charge on any atom is -0.375 e. The maximum atomic E-state index is 5.89. The molecule has 3 atom stereocenters. The van der Waals surface area contributed by atoms with Gasteiger partial charge in [-0.25, -0.2) is 0 Å². The topological polar surface area (TPSA) is 30.5 Å². The van der Waals surface area contributed by atoms with Crippen LogP contribution in [0.2, 0.25) is 0 Å². The van der Waals surface area contributed by atoms with Crippen LogP contribution in [0.25, 0.3) is 0 Å². The Labute approximate surface area is 106 Å². The zero-order chi connectivity index (χ0) is 12.5. The molecule has 17 heavy (non-hydrogen) atoms. The lowest BCUT2D eigenvalue weighted by atomic mass is 9.85. The quantitative estimate of drug-likeness (QED) is 0.598. The van der Waals surface area contributed by atoms with E-state index >= 15 is 0 Å². The largest absolute Gasteiger partial charge is 0.375 e. The average Bonchev–Trinajstić information content (AvgIpc) is 2.33. The van der Waals surface area contributed by atoms with E-state index in [1.54, 1.807) is 0 Å². The third-order valence-corrected chi connectivity index (χ3v) is 3.34. The minimum atomic E-state index is 0.271. The van der Waals surface area contributed by atoms with Crippen molar-refractivity contribution in [1.82, 2.24) is 5.32 Å². The second kappa shape index (κ2) is 8.90. The van der Waals surface area contributed by atoms with E-state index in [0.29, 0.717) is 12.1 Å². The Morgan fingerprint density at radius 1 is 1.06 bits per heavy atom. The maximum Gasteiger partial charge on any atom is 0.0990 e. The average molecular weight is 243 g/mol.